The average molecular weight is 196 g/mol. The molecule has 0 unspecified atom stereocenters. The number of carbonyl (C=O) groups excluding carboxylic acids is 1. The molecule has 0 saturated heterocycles. The van der Waals surface area contributed by atoms with Crippen molar-refractivity contribution < 1.29 is 4.79 Å². The number of Topliss-reactive ketones (excluding diaryl/α,β-unsaturated/α-hetero) is 1. The Morgan fingerprint density at radius 2 is 2.00 bits per heavy atom. The summed E-state index contributed by atoms with van der Waals surface area (Å²) in [5.41, 5.74) is 2.80. The van der Waals surface area contributed by atoms with Gasteiger partial charge in [-0.3, -0.25) is 4.79 Å². The minimum atomic E-state index is 0.210. The molecule has 74 valence electrons. The molecule has 0 aromatic heterocycles. The smallest absolute Gasteiger partial charge is 0.169 e. The van der Waals surface area contributed by atoms with Gasteiger partial charge in [-0.25, -0.2) is 0 Å². The molecule has 1 aliphatic carbocycles. The Hall–Kier alpha value is -1.81. The molecular formula is C14H12O. The second-order valence-corrected chi connectivity index (χ2v) is 3.47. The maximum absolute atomic E-state index is 11.5. The lowest BCUT2D eigenvalue weighted by Crippen LogP contribution is -2.15. The van der Waals surface area contributed by atoms with Gasteiger partial charge in [0.1, 0.15) is 0 Å². The maximum Gasteiger partial charge on any atom is 0.169 e. The lowest BCUT2D eigenvalue weighted by atomic mass is 9.83. The standard InChI is InChI=1S/C14H12O/c1-2-3-7-12-10-13(15)14(12)11-8-5-4-6-9-11/h4-6,8-9H,2,10H2,1H3. The molecular weight excluding hydrogens is 184 g/mol. The van der Waals surface area contributed by atoms with Gasteiger partial charge in [0.2, 0.25) is 0 Å². The van der Waals surface area contributed by atoms with Crippen LogP contribution in [0.4, 0.5) is 0 Å². The molecule has 0 radical (unpaired) electrons. The monoisotopic (exact) mass is 196 g/mol. The van der Waals surface area contributed by atoms with Crippen molar-refractivity contribution in [2.45, 2.75) is 19.8 Å². The van der Waals surface area contributed by atoms with Crippen LogP contribution < -0.4 is 0 Å². The first-order valence-corrected chi connectivity index (χ1v) is 5.13. The van der Waals surface area contributed by atoms with Crippen LogP contribution in [0.25, 0.3) is 5.57 Å². The molecule has 2 rings (SSSR count). The summed E-state index contributed by atoms with van der Waals surface area (Å²) in [7, 11) is 0. The third-order valence-electron chi connectivity index (χ3n) is 2.40. The number of rotatable bonds is 1. The number of ketones is 1. The number of hydrogen-bond acceptors (Lipinski definition) is 1. The summed E-state index contributed by atoms with van der Waals surface area (Å²) in [4.78, 5) is 11.5. The fraction of sp³-hybridized carbons (Fsp3) is 0.214. The fourth-order valence-electron chi connectivity index (χ4n) is 1.64. The Labute approximate surface area is 89.8 Å². The van der Waals surface area contributed by atoms with Crippen LogP contribution in [0.3, 0.4) is 0 Å². The van der Waals surface area contributed by atoms with Gasteiger partial charge in [-0.1, -0.05) is 49.1 Å². The summed E-state index contributed by atoms with van der Waals surface area (Å²) in [6.45, 7) is 2.01. The van der Waals surface area contributed by atoms with Crippen molar-refractivity contribution in [1.29, 1.82) is 0 Å². The van der Waals surface area contributed by atoms with Crippen LogP contribution in [0.5, 0.6) is 0 Å². The van der Waals surface area contributed by atoms with Crippen LogP contribution in [0.1, 0.15) is 25.3 Å². The molecule has 15 heavy (non-hydrogen) atoms. The minimum Gasteiger partial charge on any atom is -0.294 e. The molecule has 0 heterocycles. The number of allylic oxidation sites excluding steroid dienone is 2. The van der Waals surface area contributed by atoms with Crippen molar-refractivity contribution in [3.63, 3.8) is 0 Å². The molecule has 1 aromatic carbocycles. The average Bonchev–Trinajstić information content (AvgIpc) is 2.25. The summed E-state index contributed by atoms with van der Waals surface area (Å²) < 4.78 is 0. The van der Waals surface area contributed by atoms with Crippen LogP contribution in [-0.2, 0) is 4.79 Å². The van der Waals surface area contributed by atoms with Gasteiger partial charge in [-0.15, -0.1) is 0 Å². The van der Waals surface area contributed by atoms with Crippen molar-refractivity contribution >= 4 is 11.4 Å². The molecule has 0 spiro atoms. The van der Waals surface area contributed by atoms with Crippen LogP contribution in [-0.4, -0.2) is 5.78 Å². The Bertz CT molecular complexity index is 469. The van der Waals surface area contributed by atoms with Gasteiger partial charge in [0, 0.05) is 24.0 Å². The predicted molar refractivity (Wildman–Crippen MR) is 61.1 cm³/mol. The molecule has 0 saturated carbocycles. The van der Waals surface area contributed by atoms with Gasteiger partial charge in [-0.05, 0) is 5.56 Å². The van der Waals surface area contributed by atoms with Crippen molar-refractivity contribution in [3.8, 4) is 11.8 Å². The predicted octanol–water partition coefficient (Wildman–Crippen LogP) is 2.83. The van der Waals surface area contributed by atoms with E-state index in [1.165, 1.54) is 0 Å². The van der Waals surface area contributed by atoms with E-state index in [-0.39, 0.29) is 5.78 Å². The van der Waals surface area contributed by atoms with Gasteiger partial charge in [-0.2, -0.15) is 0 Å². The molecule has 0 aliphatic heterocycles. The van der Waals surface area contributed by atoms with Gasteiger partial charge in [0.15, 0.2) is 5.78 Å². The van der Waals surface area contributed by atoms with Crippen molar-refractivity contribution in [1.82, 2.24) is 0 Å². The molecule has 0 N–H and O–H groups in total. The van der Waals surface area contributed by atoms with E-state index in [9.17, 15) is 4.79 Å². The molecule has 0 atom stereocenters. The highest BCUT2D eigenvalue weighted by molar-refractivity contribution is 6.30. The summed E-state index contributed by atoms with van der Waals surface area (Å²) in [5, 5.41) is 0. The van der Waals surface area contributed by atoms with E-state index in [4.69, 9.17) is 0 Å². The molecule has 0 bridgehead atoms. The molecule has 0 amide bonds. The van der Waals surface area contributed by atoms with E-state index in [0.29, 0.717) is 6.42 Å². The molecule has 0 fully saturated rings. The largest absolute Gasteiger partial charge is 0.294 e. The normalized spacial score (nSPS) is 14.3. The zero-order chi connectivity index (χ0) is 10.7. The summed E-state index contributed by atoms with van der Waals surface area (Å²) in [5.74, 6) is 6.28. The van der Waals surface area contributed by atoms with E-state index >= 15 is 0 Å². The minimum absolute atomic E-state index is 0.210. The van der Waals surface area contributed by atoms with E-state index < -0.39 is 0 Å². The van der Waals surface area contributed by atoms with Crippen LogP contribution >= 0.6 is 0 Å². The highest BCUT2D eigenvalue weighted by Gasteiger charge is 2.26. The van der Waals surface area contributed by atoms with E-state index in [0.717, 1.165) is 23.1 Å². The summed E-state index contributed by atoms with van der Waals surface area (Å²) in [6.07, 6.45) is 1.34. The lowest BCUT2D eigenvalue weighted by Gasteiger charge is -2.18. The summed E-state index contributed by atoms with van der Waals surface area (Å²) >= 11 is 0. The number of hydrogen-bond donors (Lipinski definition) is 0. The second kappa shape index (κ2) is 4.14. The van der Waals surface area contributed by atoms with E-state index in [1.54, 1.807) is 0 Å². The maximum atomic E-state index is 11.5. The number of benzene rings is 1. The van der Waals surface area contributed by atoms with Crippen LogP contribution in [0.2, 0.25) is 0 Å². The van der Waals surface area contributed by atoms with Crippen molar-refractivity contribution in [2.75, 3.05) is 0 Å². The Balaban J connectivity index is 2.39. The molecule has 1 heteroatoms. The van der Waals surface area contributed by atoms with Crippen LogP contribution in [0.15, 0.2) is 35.9 Å². The fourth-order valence-corrected chi connectivity index (χ4v) is 1.64. The summed E-state index contributed by atoms with van der Waals surface area (Å²) in [6, 6.07) is 9.75. The second-order valence-electron chi connectivity index (χ2n) is 3.47. The first kappa shape index (κ1) is 9.73. The highest BCUT2D eigenvalue weighted by Crippen LogP contribution is 2.32. The quantitative estimate of drug-likeness (QED) is 0.631. The Morgan fingerprint density at radius 1 is 1.27 bits per heavy atom. The molecule has 1 aliphatic rings. The van der Waals surface area contributed by atoms with Crippen LogP contribution in [0, 0.1) is 11.8 Å². The molecule has 1 nitrogen and oxygen atoms in total. The van der Waals surface area contributed by atoms with Crippen molar-refractivity contribution in [3.05, 3.63) is 41.5 Å². The van der Waals surface area contributed by atoms with Gasteiger partial charge in [0.05, 0.1) is 0 Å². The Kier molecular flexibility index (Phi) is 2.69. The zero-order valence-electron chi connectivity index (χ0n) is 8.71. The van der Waals surface area contributed by atoms with Gasteiger partial charge < -0.3 is 0 Å². The zero-order valence-corrected chi connectivity index (χ0v) is 8.71. The lowest BCUT2D eigenvalue weighted by molar-refractivity contribution is -0.114. The van der Waals surface area contributed by atoms with Gasteiger partial charge in [0.25, 0.3) is 0 Å². The highest BCUT2D eigenvalue weighted by atomic mass is 16.1. The van der Waals surface area contributed by atoms with E-state index in [1.807, 2.05) is 37.3 Å². The third-order valence-corrected chi connectivity index (χ3v) is 2.40. The number of carbonyl (C=O) groups is 1. The SMILES string of the molecule is CCC#CC1=C(c2ccccc2)C(=O)C1. The third kappa shape index (κ3) is 1.85. The van der Waals surface area contributed by atoms with Gasteiger partial charge >= 0.3 is 0 Å². The molecule has 1 aromatic rings. The first-order chi connectivity index (χ1) is 7.33. The van der Waals surface area contributed by atoms with Crippen molar-refractivity contribution in [2.24, 2.45) is 0 Å². The van der Waals surface area contributed by atoms with E-state index in [2.05, 4.69) is 11.8 Å². The topological polar surface area (TPSA) is 17.1 Å². The first-order valence-electron chi connectivity index (χ1n) is 5.13. The Morgan fingerprint density at radius 3 is 2.60 bits per heavy atom.